The van der Waals surface area contributed by atoms with Crippen molar-refractivity contribution in [2.24, 2.45) is 5.92 Å². The van der Waals surface area contributed by atoms with Crippen molar-refractivity contribution < 1.29 is 14.6 Å². The van der Waals surface area contributed by atoms with Crippen LogP contribution in [0.3, 0.4) is 0 Å². The maximum atomic E-state index is 10.6. The molecule has 4 heterocycles. The molecule has 5 rings (SSSR count). The second-order valence-corrected chi connectivity index (χ2v) is 8.85. The number of aromatic nitrogens is 4. The van der Waals surface area contributed by atoms with Gasteiger partial charge in [-0.05, 0) is 56.0 Å². The van der Waals surface area contributed by atoms with Crippen LogP contribution in [0.4, 0.5) is 5.82 Å². The van der Waals surface area contributed by atoms with Crippen molar-refractivity contribution in [1.82, 2.24) is 25.5 Å². The van der Waals surface area contributed by atoms with Gasteiger partial charge in [-0.1, -0.05) is 6.07 Å². The zero-order valence-corrected chi connectivity index (χ0v) is 19.4. The third-order valence-electron chi connectivity index (χ3n) is 6.60. The number of nitrogens with one attached hydrogen (secondary N) is 1. The maximum absolute atomic E-state index is 10.6. The van der Waals surface area contributed by atoms with Crippen molar-refractivity contribution in [3.63, 3.8) is 0 Å². The first-order valence-electron chi connectivity index (χ1n) is 11.8. The molecule has 9 nitrogen and oxygen atoms in total. The number of methoxy groups -OCH3 is 1. The SMILES string of the molecule is COc1cc(-c2ccc(-c3ccc(N4CC[C@@H](CNC5CCOCC5)C4)nn3)c(O)c2)ncn1. The van der Waals surface area contributed by atoms with Crippen LogP contribution in [0.15, 0.2) is 42.7 Å². The Balaban J connectivity index is 1.22. The van der Waals surface area contributed by atoms with Gasteiger partial charge in [0, 0.05) is 49.5 Å². The highest BCUT2D eigenvalue weighted by Gasteiger charge is 2.25. The van der Waals surface area contributed by atoms with E-state index in [1.807, 2.05) is 24.3 Å². The molecule has 2 fully saturated rings. The molecule has 0 amide bonds. The van der Waals surface area contributed by atoms with Gasteiger partial charge in [0.1, 0.15) is 12.1 Å². The Labute approximate surface area is 199 Å². The summed E-state index contributed by atoms with van der Waals surface area (Å²) in [7, 11) is 1.56. The highest BCUT2D eigenvalue weighted by atomic mass is 16.5. The molecule has 1 atom stereocenters. The number of hydrogen-bond donors (Lipinski definition) is 2. The molecule has 0 spiro atoms. The molecular weight excluding hydrogens is 432 g/mol. The standard InChI is InChI=1S/C25H30N6O3/c1-33-25-13-22(27-16-28-25)18-2-3-20(23(32)12-18)21-4-5-24(30-29-21)31-9-6-17(15-31)14-26-19-7-10-34-11-8-19/h2-5,12-13,16-17,19,26,32H,6-11,14-15H2,1H3/t17-/m0/s1. The quantitative estimate of drug-likeness (QED) is 0.548. The molecule has 1 aromatic carbocycles. The smallest absolute Gasteiger partial charge is 0.216 e. The lowest BCUT2D eigenvalue weighted by Crippen LogP contribution is -2.38. The minimum Gasteiger partial charge on any atom is -0.507 e. The molecule has 9 heteroatoms. The Kier molecular flexibility index (Phi) is 6.82. The van der Waals surface area contributed by atoms with Gasteiger partial charge in [-0.3, -0.25) is 0 Å². The number of rotatable bonds is 7. The zero-order chi connectivity index (χ0) is 23.3. The van der Waals surface area contributed by atoms with E-state index in [-0.39, 0.29) is 5.75 Å². The molecular formula is C25H30N6O3. The highest BCUT2D eigenvalue weighted by Crippen LogP contribution is 2.33. The molecule has 3 aromatic rings. The second-order valence-electron chi connectivity index (χ2n) is 8.85. The molecule has 178 valence electrons. The Hall–Kier alpha value is -3.30. The first-order valence-corrected chi connectivity index (χ1v) is 11.8. The summed E-state index contributed by atoms with van der Waals surface area (Å²) in [6.45, 7) is 4.72. The van der Waals surface area contributed by atoms with E-state index >= 15 is 0 Å². The predicted octanol–water partition coefficient (Wildman–Crippen LogP) is 2.91. The number of nitrogens with zero attached hydrogens (tertiary/aromatic N) is 5. The molecule has 0 aliphatic carbocycles. The summed E-state index contributed by atoms with van der Waals surface area (Å²) in [6, 6.07) is 11.6. The number of hydrogen-bond acceptors (Lipinski definition) is 9. The first kappa shape index (κ1) is 22.5. The molecule has 34 heavy (non-hydrogen) atoms. The number of benzene rings is 1. The van der Waals surface area contributed by atoms with E-state index in [2.05, 4.69) is 30.4 Å². The minimum absolute atomic E-state index is 0.123. The summed E-state index contributed by atoms with van der Waals surface area (Å²) in [6.07, 6.45) is 4.79. The Bertz CT molecular complexity index is 1100. The lowest BCUT2D eigenvalue weighted by molar-refractivity contribution is 0.0771. The predicted molar refractivity (Wildman–Crippen MR) is 129 cm³/mol. The zero-order valence-electron chi connectivity index (χ0n) is 19.4. The van der Waals surface area contributed by atoms with Crippen LogP contribution in [0, 0.1) is 5.92 Å². The maximum Gasteiger partial charge on any atom is 0.216 e. The third kappa shape index (κ3) is 5.10. The van der Waals surface area contributed by atoms with Gasteiger partial charge >= 0.3 is 0 Å². The average molecular weight is 463 g/mol. The van der Waals surface area contributed by atoms with E-state index < -0.39 is 0 Å². The monoisotopic (exact) mass is 462 g/mol. The molecule has 2 aliphatic rings. The van der Waals surface area contributed by atoms with E-state index in [0.29, 0.717) is 34.8 Å². The largest absolute Gasteiger partial charge is 0.507 e. The van der Waals surface area contributed by atoms with Gasteiger partial charge in [-0.2, -0.15) is 0 Å². The van der Waals surface area contributed by atoms with Crippen LogP contribution in [0.5, 0.6) is 11.6 Å². The van der Waals surface area contributed by atoms with Crippen molar-refractivity contribution in [2.75, 3.05) is 44.9 Å². The lowest BCUT2D eigenvalue weighted by Gasteiger charge is -2.25. The molecule has 0 unspecified atom stereocenters. The Morgan fingerprint density at radius 1 is 1.06 bits per heavy atom. The molecule has 2 aromatic heterocycles. The van der Waals surface area contributed by atoms with Crippen LogP contribution in [0.25, 0.3) is 22.5 Å². The molecule has 2 saturated heterocycles. The summed E-state index contributed by atoms with van der Waals surface area (Å²) < 4.78 is 10.6. The van der Waals surface area contributed by atoms with Crippen molar-refractivity contribution >= 4 is 5.82 Å². The van der Waals surface area contributed by atoms with E-state index in [4.69, 9.17) is 9.47 Å². The van der Waals surface area contributed by atoms with Crippen LogP contribution in [0.1, 0.15) is 19.3 Å². The third-order valence-corrected chi connectivity index (χ3v) is 6.60. The van der Waals surface area contributed by atoms with Crippen molar-refractivity contribution in [2.45, 2.75) is 25.3 Å². The van der Waals surface area contributed by atoms with Crippen molar-refractivity contribution in [3.8, 4) is 34.1 Å². The van der Waals surface area contributed by atoms with E-state index in [1.165, 1.54) is 6.33 Å². The summed E-state index contributed by atoms with van der Waals surface area (Å²) in [5.41, 5.74) is 2.70. The molecule has 2 aliphatic heterocycles. The van der Waals surface area contributed by atoms with Gasteiger partial charge in [-0.15, -0.1) is 10.2 Å². The first-order chi connectivity index (χ1) is 16.7. The summed E-state index contributed by atoms with van der Waals surface area (Å²) >= 11 is 0. The number of ether oxygens (including phenoxy) is 2. The van der Waals surface area contributed by atoms with Crippen molar-refractivity contribution in [3.05, 3.63) is 42.7 Å². The topological polar surface area (TPSA) is 106 Å². The lowest BCUT2D eigenvalue weighted by atomic mass is 10.1. The summed E-state index contributed by atoms with van der Waals surface area (Å²) in [4.78, 5) is 10.6. The fourth-order valence-corrected chi connectivity index (χ4v) is 4.60. The molecule has 0 radical (unpaired) electrons. The van der Waals surface area contributed by atoms with Gasteiger partial charge in [0.15, 0.2) is 5.82 Å². The molecule has 2 N–H and O–H groups in total. The van der Waals surface area contributed by atoms with Gasteiger partial charge in [0.05, 0.1) is 18.5 Å². The van der Waals surface area contributed by atoms with Gasteiger partial charge in [-0.25, -0.2) is 9.97 Å². The molecule has 0 saturated carbocycles. The van der Waals surface area contributed by atoms with E-state index in [1.54, 1.807) is 19.2 Å². The van der Waals surface area contributed by atoms with Gasteiger partial charge < -0.3 is 24.8 Å². The van der Waals surface area contributed by atoms with Crippen LogP contribution in [0.2, 0.25) is 0 Å². The molecule has 0 bridgehead atoms. The Morgan fingerprint density at radius 3 is 2.71 bits per heavy atom. The Morgan fingerprint density at radius 2 is 1.94 bits per heavy atom. The number of aromatic hydroxyl groups is 1. The number of anilines is 1. The van der Waals surface area contributed by atoms with E-state index in [9.17, 15) is 5.11 Å². The minimum atomic E-state index is 0.123. The fourth-order valence-electron chi connectivity index (χ4n) is 4.60. The summed E-state index contributed by atoms with van der Waals surface area (Å²) in [5, 5.41) is 23.2. The number of phenols is 1. The fraction of sp³-hybridized carbons (Fsp3) is 0.440. The number of phenolic OH excluding ortho intramolecular Hbond substituents is 1. The van der Waals surface area contributed by atoms with Gasteiger partial charge in [0.2, 0.25) is 5.88 Å². The van der Waals surface area contributed by atoms with Crippen LogP contribution in [-0.2, 0) is 4.74 Å². The average Bonchev–Trinajstić information content (AvgIpc) is 3.37. The second kappa shape index (κ2) is 10.3. The summed E-state index contributed by atoms with van der Waals surface area (Å²) in [5.74, 6) is 2.08. The normalized spacial score (nSPS) is 18.9. The van der Waals surface area contributed by atoms with Crippen LogP contribution in [-0.4, -0.2) is 71.3 Å². The van der Waals surface area contributed by atoms with Crippen LogP contribution >= 0.6 is 0 Å². The highest BCUT2D eigenvalue weighted by molar-refractivity contribution is 5.73. The van der Waals surface area contributed by atoms with Gasteiger partial charge in [0.25, 0.3) is 0 Å². The van der Waals surface area contributed by atoms with Crippen LogP contribution < -0.4 is 15.0 Å². The van der Waals surface area contributed by atoms with Crippen molar-refractivity contribution in [1.29, 1.82) is 0 Å². The van der Waals surface area contributed by atoms with E-state index in [0.717, 1.165) is 63.5 Å².